The van der Waals surface area contributed by atoms with Gasteiger partial charge in [-0.25, -0.2) is 0 Å². The van der Waals surface area contributed by atoms with E-state index in [9.17, 15) is 0 Å². The highest BCUT2D eigenvalue weighted by atomic mass is 32.1. The molecule has 1 heterocycles. The first-order valence-electron chi connectivity index (χ1n) is 6.72. The summed E-state index contributed by atoms with van der Waals surface area (Å²) in [4.78, 5) is 2.95. The molecular weight excluding hydrogens is 226 g/mol. The van der Waals surface area contributed by atoms with Gasteiger partial charge in [-0.2, -0.15) is 0 Å². The second-order valence-corrected chi connectivity index (χ2v) is 7.30. The van der Waals surface area contributed by atoms with E-state index in [0.717, 1.165) is 6.54 Å². The average Bonchev–Trinajstić information content (AvgIpc) is 2.62. The summed E-state index contributed by atoms with van der Waals surface area (Å²) in [5.74, 6) is 0. The zero-order valence-electron chi connectivity index (χ0n) is 12.0. The lowest BCUT2D eigenvalue weighted by Gasteiger charge is -2.31. The van der Waals surface area contributed by atoms with E-state index in [4.69, 9.17) is 0 Å². The van der Waals surface area contributed by atoms with Crippen LogP contribution in [0.3, 0.4) is 0 Å². The van der Waals surface area contributed by atoms with Crippen molar-refractivity contribution in [2.24, 2.45) is 5.41 Å². The first kappa shape index (κ1) is 14.7. The largest absolute Gasteiger partial charge is 0.313 e. The van der Waals surface area contributed by atoms with Crippen LogP contribution in [0.15, 0.2) is 12.1 Å². The van der Waals surface area contributed by atoms with E-state index in [1.165, 1.54) is 29.0 Å². The molecule has 1 atom stereocenters. The van der Waals surface area contributed by atoms with E-state index in [2.05, 4.69) is 52.1 Å². The summed E-state index contributed by atoms with van der Waals surface area (Å²) in [5.41, 5.74) is 0.349. The molecule has 1 rings (SSSR count). The number of nitrogens with one attached hydrogen (secondary N) is 1. The van der Waals surface area contributed by atoms with Crippen molar-refractivity contribution in [3.63, 3.8) is 0 Å². The van der Waals surface area contributed by atoms with Crippen molar-refractivity contribution in [1.82, 2.24) is 5.32 Å². The van der Waals surface area contributed by atoms with Crippen molar-refractivity contribution in [3.8, 4) is 0 Å². The molecule has 1 N–H and O–H groups in total. The molecule has 0 bridgehead atoms. The molecule has 0 aliphatic rings. The Morgan fingerprint density at radius 2 is 2.00 bits per heavy atom. The summed E-state index contributed by atoms with van der Waals surface area (Å²) < 4.78 is 0. The fourth-order valence-electron chi connectivity index (χ4n) is 2.07. The zero-order valence-corrected chi connectivity index (χ0v) is 12.8. The molecule has 0 fully saturated rings. The SMILES string of the molecule is CCCNC(CCc1ccc(C)s1)C(C)(C)C. The molecule has 0 aromatic carbocycles. The summed E-state index contributed by atoms with van der Waals surface area (Å²) in [6.07, 6.45) is 3.66. The van der Waals surface area contributed by atoms with E-state index in [1.54, 1.807) is 0 Å². The van der Waals surface area contributed by atoms with Crippen LogP contribution < -0.4 is 5.32 Å². The standard InChI is InChI=1S/C15H27NS/c1-6-11-16-14(15(3,4)5)10-9-13-8-7-12(2)17-13/h7-8,14,16H,6,9-11H2,1-5H3. The monoisotopic (exact) mass is 253 g/mol. The molecule has 0 saturated carbocycles. The number of rotatable bonds is 6. The van der Waals surface area contributed by atoms with Crippen LogP contribution in [0.4, 0.5) is 0 Å². The summed E-state index contributed by atoms with van der Waals surface area (Å²) in [6, 6.07) is 5.12. The Morgan fingerprint density at radius 1 is 1.29 bits per heavy atom. The van der Waals surface area contributed by atoms with Gasteiger partial charge in [0.2, 0.25) is 0 Å². The van der Waals surface area contributed by atoms with Gasteiger partial charge in [0.1, 0.15) is 0 Å². The quantitative estimate of drug-likeness (QED) is 0.792. The second kappa shape index (κ2) is 6.55. The minimum atomic E-state index is 0.349. The first-order chi connectivity index (χ1) is 7.93. The van der Waals surface area contributed by atoms with Crippen LogP contribution in [0.25, 0.3) is 0 Å². The van der Waals surface area contributed by atoms with Gasteiger partial charge in [0, 0.05) is 15.8 Å². The van der Waals surface area contributed by atoms with Crippen molar-refractivity contribution in [2.45, 2.75) is 59.9 Å². The fraction of sp³-hybridized carbons (Fsp3) is 0.733. The third kappa shape index (κ3) is 5.22. The lowest BCUT2D eigenvalue weighted by atomic mass is 9.84. The first-order valence-corrected chi connectivity index (χ1v) is 7.54. The zero-order chi connectivity index (χ0) is 12.9. The van der Waals surface area contributed by atoms with Gasteiger partial charge >= 0.3 is 0 Å². The maximum Gasteiger partial charge on any atom is 0.0119 e. The number of hydrogen-bond acceptors (Lipinski definition) is 2. The van der Waals surface area contributed by atoms with E-state index in [1.807, 2.05) is 11.3 Å². The number of aryl methyl sites for hydroxylation is 2. The van der Waals surface area contributed by atoms with Crippen molar-refractivity contribution in [3.05, 3.63) is 21.9 Å². The van der Waals surface area contributed by atoms with Crippen molar-refractivity contribution < 1.29 is 0 Å². The Labute approximate surface area is 111 Å². The summed E-state index contributed by atoms with van der Waals surface area (Å²) in [6.45, 7) is 12.5. The highest BCUT2D eigenvalue weighted by Crippen LogP contribution is 2.25. The molecular formula is C15H27NS. The third-order valence-corrected chi connectivity index (χ3v) is 4.22. The molecule has 0 radical (unpaired) electrons. The van der Waals surface area contributed by atoms with Crippen LogP contribution in [0.5, 0.6) is 0 Å². The molecule has 1 aromatic heterocycles. The van der Waals surface area contributed by atoms with Gasteiger partial charge in [0.25, 0.3) is 0 Å². The molecule has 1 unspecified atom stereocenters. The van der Waals surface area contributed by atoms with Crippen LogP contribution in [0.1, 0.15) is 50.3 Å². The minimum absolute atomic E-state index is 0.349. The minimum Gasteiger partial charge on any atom is -0.313 e. The van der Waals surface area contributed by atoms with Gasteiger partial charge in [0.05, 0.1) is 0 Å². The third-order valence-electron chi connectivity index (χ3n) is 3.16. The molecule has 1 nitrogen and oxygen atoms in total. The smallest absolute Gasteiger partial charge is 0.0119 e. The molecule has 0 saturated heterocycles. The molecule has 2 heteroatoms. The van der Waals surface area contributed by atoms with Crippen LogP contribution in [-0.2, 0) is 6.42 Å². The Bertz CT molecular complexity index is 322. The van der Waals surface area contributed by atoms with Gasteiger partial charge in [-0.15, -0.1) is 11.3 Å². The van der Waals surface area contributed by atoms with E-state index in [-0.39, 0.29) is 0 Å². The van der Waals surface area contributed by atoms with E-state index in [0.29, 0.717) is 11.5 Å². The van der Waals surface area contributed by atoms with Crippen LogP contribution in [0.2, 0.25) is 0 Å². The Morgan fingerprint density at radius 3 is 2.47 bits per heavy atom. The van der Waals surface area contributed by atoms with Crippen LogP contribution in [0, 0.1) is 12.3 Å². The maximum absolute atomic E-state index is 3.69. The number of hydrogen-bond donors (Lipinski definition) is 1. The van der Waals surface area contributed by atoms with Gasteiger partial charge < -0.3 is 5.32 Å². The van der Waals surface area contributed by atoms with E-state index < -0.39 is 0 Å². The maximum atomic E-state index is 3.69. The molecule has 98 valence electrons. The lowest BCUT2D eigenvalue weighted by molar-refractivity contribution is 0.255. The molecule has 0 spiro atoms. The van der Waals surface area contributed by atoms with Gasteiger partial charge in [0.15, 0.2) is 0 Å². The predicted octanol–water partition coefficient (Wildman–Crippen LogP) is 4.40. The van der Waals surface area contributed by atoms with Gasteiger partial charge in [-0.05, 0) is 50.3 Å². The molecule has 0 amide bonds. The molecule has 17 heavy (non-hydrogen) atoms. The average molecular weight is 253 g/mol. The predicted molar refractivity (Wildman–Crippen MR) is 78.9 cm³/mol. The highest BCUT2D eigenvalue weighted by molar-refractivity contribution is 7.11. The van der Waals surface area contributed by atoms with E-state index >= 15 is 0 Å². The van der Waals surface area contributed by atoms with Crippen molar-refractivity contribution in [1.29, 1.82) is 0 Å². The number of thiophene rings is 1. The van der Waals surface area contributed by atoms with Crippen LogP contribution >= 0.6 is 11.3 Å². The Balaban J connectivity index is 2.49. The summed E-state index contributed by atoms with van der Waals surface area (Å²) in [7, 11) is 0. The molecule has 0 aliphatic carbocycles. The normalized spacial score (nSPS) is 13.9. The second-order valence-electron chi connectivity index (χ2n) is 5.92. The Kier molecular flexibility index (Phi) is 5.68. The fourth-order valence-corrected chi connectivity index (χ4v) is 2.97. The van der Waals surface area contributed by atoms with Crippen molar-refractivity contribution >= 4 is 11.3 Å². The van der Waals surface area contributed by atoms with Gasteiger partial charge in [-0.1, -0.05) is 27.7 Å². The summed E-state index contributed by atoms with van der Waals surface area (Å²) >= 11 is 1.94. The molecule has 1 aromatic rings. The highest BCUT2D eigenvalue weighted by Gasteiger charge is 2.23. The topological polar surface area (TPSA) is 12.0 Å². The summed E-state index contributed by atoms with van der Waals surface area (Å²) in [5, 5.41) is 3.69. The van der Waals surface area contributed by atoms with Crippen LogP contribution in [-0.4, -0.2) is 12.6 Å². The molecule has 0 aliphatic heterocycles. The van der Waals surface area contributed by atoms with Crippen molar-refractivity contribution in [2.75, 3.05) is 6.54 Å². The van der Waals surface area contributed by atoms with Gasteiger partial charge in [-0.3, -0.25) is 0 Å². The Hall–Kier alpha value is -0.340. The lowest BCUT2D eigenvalue weighted by Crippen LogP contribution is -2.41.